The van der Waals surface area contributed by atoms with Crippen molar-refractivity contribution in [1.82, 2.24) is 4.90 Å². The Kier molecular flexibility index (Phi) is 5.95. The molecule has 134 valence electrons. The molecule has 2 heterocycles. The SMILES string of the molecule is CCOc1ccccc1NC(=O)N(Cc1ccco1)C[C@H]1CCCO1. The number of carbonyl (C=O) groups is 1. The Hall–Kier alpha value is -2.47. The number of hydrogen-bond acceptors (Lipinski definition) is 4. The van der Waals surface area contributed by atoms with E-state index in [1.54, 1.807) is 11.2 Å². The number of carbonyl (C=O) groups excluding carboxylic acids is 1. The van der Waals surface area contributed by atoms with E-state index < -0.39 is 0 Å². The number of para-hydroxylation sites is 2. The summed E-state index contributed by atoms with van der Waals surface area (Å²) in [5, 5.41) is 2.95. The second kappa shape index (κ2) is 8.58. The van der Waals surface area contributed by atoms with Crippen LogP contribution in [0.15, 0.2) is 47.1 Å². The zero-order valence-corrected chi connectivity index (χ0v) is 14.4. The molecular weight excluding hydrogens is 320 g/mol. The number of ether oxygens (including phenoxy) is 2. The van der Waals surface area contributed by atoms with Gasteiger partial charge in [0.2, 0.25) is 0 Å². The minimum Gasteiger partial charge on any atom is -0.492 e. The van der Waals surface area contributed by atoms with Gasteiger partial charge in [0.1, 0.15) is 11.5 Å². The van der Waals surface area contributed by atoms with E-state index in [0.717, 1.165) is 25.2 Å². The van der Waals surface area contributed by atoms with Gasteiger partial charge in [0.25, 0.3) is 0 Å². The number of nitrogens with one attached hydrogen (secondary N) is 1. The lowest BCUT2D eigenvalue weighted by Crippen LogP contribution is -2.39. The van der Waals surface area contributed by atoms with E-state index in [-0.39, 0.29) is 12.1 Å². The molecule has 1 fully saturated rings. The first-order chi connectivity index (χ1) is 12.3. The molecule has 0 aliphatic carbocycles. The van der Waals surface area contributed by atoms with E-state index in [4.69, 9.17) is 13.9 Å². The van der Waals surface area contributed by atoms with Crippen LogP contribution in [0.4, 0.5) is 10.5 Å². The number of benzene rings is 1. The molecule has 0 unspecified atom stereocenters. The third-order valence-electron chi connectivity index (χ3n) is 4.09. The lowest BCUT2D eigenvalue weighted by atomic mass is 10.2. The zero-order valence-electron chi connectivity index (χ0n) is 14.4. The van der Waals surface area contributed by atoms with Crippen molar-refractivity contribution in [2.45, 2.75) is 32.4 Å². The van der Waals surface area contributed by atoms with E-state index in [0.29, 0.717) is 31.1 Å². The average Bonchev–Trinajstić information content (AvgIpc) is 3.30. The van der Waals surface area contributed by atoms with Gasteiger partial charge in [-0.15, -0.1) is 0 Å². The minimum atomic E-state index is -0.195. The van der Waals surface area contributed by atoms with Crippen molar-refractivity contribution in [2.24, 2.45) is 0 Å². The third kappa shape index (κ3) is 4.76. The highest BCUT2D eigenvalue weighted by Crippen LogP contribution is 2.24. The second-order valence-electron chi connectivity index (χ2n) is 5.95. The van der Waals surface area contributed by atoms with Crippen LogP contribution in [0.3, 0.4) is 0 Å². The van der Waals surface area contributed by atoms with Gasteiger partial charge in [-0.2, -0.15) is 0 Å². The number of anilines is 1. The molecule has 2 aromatic rings. The molecule has 0 saturated carbocycles. The summed E-state index contributed by atoms with van der Waals surface area (Å²) in [4.78, 5) is 14.6. The molecule has 2 amide bonds. The molecule has 1 aromatic heterocycles. The summed E-state index contributed by atoms with van der Waals surface area (Å²) in [7, 11) is 0. The summed E-state index contributed by atoms with van der Waals surface area (Å²) < 4.78 is 16.7. The van der Waals surface area contributed by atoms with Crippen molar-refractivity contribution in [3.05, 3.63) is 48.4 Å². The van der Waals surface area contributed by atoms with Crippen LogP contribution in [-0.4, -0.2) is 36.8 Å². The van der Waals surface area contributed by atoms with Crippen LogP contribution in [0.2, 0.25) is 0 Å². The van der Waals surface area contributed by atoms with Crippen molar-refractivity contribution in [3.63, 3.8) is 0 Å². The van der Waals surface area contributed by atoms with E-state index in [9.17, 15) is 4.79 Å². The fraction of sp³-hybridized carbons (Fsp3) is 0.421. The summed E-state index contributed by atoms with van der Waals surface area (Å²) in [6.45, 7) is 4.14. The van der Waals surface area contributed by atoms with Crippen molar-refractivity contribution in [1.29, 1.82) is 0 Å². The minimum absolute atomic E-state index is 0.0721. The van der Waals surface area contributed by atoms with Crippen molar-refractivity contribution >= 4 is 11.7 Å². The highest BCUT2D eigenvalue weighted by molar-refractivity contribution is 5.91. The van der Waals surface area contributed by atoms with Crippen molar-refractivity contribution in [2.75, 3.05) is 25.1 Å². The second-order valence-corrected chi connectivity index (χ2v) is 5.95. The van der Waals surface area contributed by atoms with Crippen LogP contribution in [0.1, 0.15) is 25.5 Å². The molecular formula is C19H24N2O4. The predicted molar refractivity (Wildman–Crippen MR) is 94.7 cm³/mol. The highest BCUT2D eigenvalue weighted by atomic mass is 16.5. The van der Waals surface area contributed by atoms with Gasteiger partial charge in [-0.3, -0.25) is 0 Å². The van der Waals surface area contributed by atoms with E-state index in [1.807, 2.05) is 43.3 Å². The average molecular weight is 344 g/mol. The Balaban J connectivity index is 1.71. The summed E-state index contributed by atoms with van der Waals surface area (Å²) in [5.74, 6) is 1.40. The molecule has 1 saturated heterocycles. The molecule has 1 aromatic carbocycles. The molecule has 0 radical (unpaired) electrons. The quantitative estimate of drug-likeness (QED) is 0.827. The molecule has 1 aliphatic rings. The Bertz CT molecular complexity index is 666. The summed E-state index contributed by atoms with van der Waals surface area (Å²) in [5.41, 5.74) is 0.658. The molecule has 6 heteroatoms. The van der Waals surface area contributed by atoms with E-state index >= 15 is 0 Å². The third-order valence-corrected chi connectivity index (χ3v) is 4.09. The molecule has 1 aliphatic heterocycles. The fourth-order valence-electron chi connectivity index (χ4n) is 2.89. The molecule has 3 rings (SSSR count). The fourth-order valence-corrected chi connectivity index (χ4v) is 2.89. The first-order valence-electron chi connectivity index (χ1n) is 8.68. The smallest absolute Gasteiger partial charge is 0.322 e. The monoisotopic (exact) mass is 344 g/mol. The number of hydrogen-bond donors (Lipinski definition) is 1. The zero-order chi connectivity index (χ0) is 17.5. The standard InChI is InChI=1S/C19H24N2O4/c1-2-23-18-10-4-3-9-17(18)20-19(22)21(13-15-7-5-11-24-15)14-16-8-6-12-25-16/h3-5,7,9-11,16H,2,6,8,12-14H2,1H3,(H,20,22)/t16-/m1/s1. The summed E-state index contributed by atoms with van der Waals surface area (Å²) in [6, 6.07) is 10.9. The molecule has 0 spiro atoms. The van der Waals surface area contributed by atoms with Gasteiger partial charge in [0, 0.05) is 13.2 Å². The molecule has 25 heavy (non-hydrogen) atoms. The number of amides is 2. The molecule has 0 bridgehead atoms. The first-order valence-corrected chi connectivity index (χ1v) is 8.68. The number of nitrogens with zero attached hydrogens (tertiary/aromatic N) is 1. The van der Waals surface area contributed by atoms with Crippen LogP contribution in [-0.2, 0) is 11.3 Å². The first kappa shape index (κ1) is 17.4. The number of urea groups is 1. The molecule has 6 nitrogen and oxygen atoms in total. The highest BCUT2D eigenvalue weighted by Gasteiger charge is 2.24. The molecule has 1 atom stereocenters. The summed E-state index contributed by atoms with van der Waals surface area (Å²) in [6.07, 6.45) is 3.69. The Labute approximate surface area is 147 Å². The maximum atomic E-state index is 12.8. The van der Waals surface area contributed by atoms with Gasteiger partial charge < -0.3 is 24.1 Å². The van der Waals surface area contributed by atoms with Crippen LogP contribution >= 0.6 is 0 Å². The van der Waals surface area contributed by atoms with Gasteiger partial charge in [0.05, 0.1) is 31.2 Å². The maximum Gasteiger partial charge on any atom is 0.322 e. The van der Waals surface area contributed by atoms with Crippen LogP contribution in [0, 0.1) is 0 Å². The Morgan fingerprint density at radius 1 is 1.32 bits per heavy atom. The van der Waals surface area contributed by atoms with Gasteiger partial charge in [-0.1, -0.05) is 12.1 Å². The normalized spacial score (nSPS) is 16.6. The van der Waals surface area contributed by atoms with E-state index in [1.165, 1.54) is 0 Å². The topological polar surface area (TPSA) is 63.9 Å². The van der Waals surface area contributed by atoms with E-state index in [2.05, 4.69) is 5.32 Å². The van der Waals surface area contributed by atoms with Crippen LogP contribution < -0.4 is 10.1 Å². The molecule has 1 N–H and O–H groups in total. The van der Waals surface area contributed by atoms with Crippen molar-refractivity contribution < 1.29 is 18.7 Å². The lowest BCUT2D eigenvalue weighted by Gasteiger charge is -2.25. The lowest BCUT2D eigenvalue weighted by molar-refractivity contribution is 0.0803. The van der Waals surface area contributed by atoms with Crippen LogP contribution in [0.25, 0.3) is 0 Å². The van der Waals surface area contributed by atoms with Crippen LogP contribution in [0.5, 0.6) is 5.75 Å². The largest absolute Gasteiger partial charge is 0.492 e. The van der Waals surface area contributed by atoms with Gasteiger partial charge >= 0.3 is 6.03 Å². The Morgan fingerprint density at radius 3 is 2.92 bits per heavy atom. The number of furan rings is 1. The van der Waals surface area contributed by atoms with Gasteiger partial charge in [-0.05, 0) is 44.0 Å². The summed E-state index contributed by atoms with van der Waals surface area (Å²) >= 11 is 0. The Morgan fingerprint density at radius 2 is 2.20 bits per heavy atom. The predicted octanol–water partition coefficient (Wildman–Crippen LogP) is 3.89. The maximum absolute atomic E-state index is 12.8. The van der Waals surface area contributed by atoms with Crippen molar-refractivity contribution in [3.8, 4) is 5.75 Å². The number of rotatable bonds is 7. The van der Waals surface area contributed by atoms with Gasteiger partial charge in [-0.25, -0.2) is 4.79 Å². The van der Waals surface area contributed by atoms with Gasteiger partial charge in [0.15, 0.2) is 0 Å².